The topological polar surface area (TPSA) is 81.7 Å². The van der Waals surface area contributed by atoms with Crippen molar-refractivity contribution in [3.05, 3.63) is 54.0 Å². The number of hydrogen-bond donors (Lipinski definition) is 1. The summed E-state index contributed by atoms with van der Waals surface area (Å²) < 4.78 is 12.5. The minimum absolute atomic E-state index is 0.0952. The van der Waals surface area contributed by atoms with Crippen molar-refractivity contribution in [3.8, 4) is 5.75 Å². The zero-order valence-electron chi connectivity index (χ0n) is 14.9. The highest BCUT2D eigenvalue weighted by atomic mass is 32.2. The molecule has 0 bridgehead atoms. The zero-order valence-corrected chi connectivity index (χ0v) is 15.7. The van der Waals surface area contributed by atoms with E-state index in [9.17, 15) is 4.79 Å². The quantitative estimate of drug-likeness (QED) is 0.516. The highest BCUT2D eigenvalue weighted by Gasteiger charge is 2.14. The second-order valence-corrected chi connectivity index (χ2v) is 6.97. The van der Waals surface area contributed by atoms with Crippen molar-refractivity contribution >= 4 is 34.2 Å². The summed E-state index contributed by atoms with van der Waals surface area (Å²) in [5.74, 6) is 1.62. The average molecular weight is 382 g/mol. The maximum atomic E-state index is 12.1. The van der Waals surface area contributed by atoms with E-state index in [1.807, 2.05) is 41.7 Å². The number of amides is 1. The van der Waals surface area contributed by atoms with Crippen molar-refractivity contribution in [2.24, 2.45) is 0 Å². The summed E-state index contributed by atoms with van der Waals surface area (Å²) in [6, 6.07) is 11.5. The third kappa shape index (κ3) is 3.48. The van der Waals surface area contributed by atoms with E-state index in [1.165, 1.54) is 11.8 Å². The number of nitrogens with zero attached hydrogens (tertiary/aromatic N) is 3. The maximum Gasteiger partial charge on any atom is 0.230 e. The fraction of sp³-hybridized carbons (Fsp3) is 0.211. The lowest BCUT2D eigenvalue weighted by Crippen LogP contribution is -2.24. The first-order chi connectivity index (χ1) is 13.2. The number of thioether (sulfide) groups is 1. The van der Waals surface area contributed by atoms with Crippen molar-refractivity contribution in [2.45, 2.75) is 18.6 Å². The molecule has 7 nitrogen and oxygen atoms in total. The first kappa shape index (κ1) is 17.4. The predicted molar refractivity (Wildman–Crippen MR) is 103 cm³/mol. The number of aromatic nitrogens is 3. The fourth-order valence-corrected chi connectivity index (χ4v) is 3.68. The van der Waals surface area contributed by atoms with Crippen LogP contribution in [0.25, 0.3) is 16.6 Å². The van der Waals surface area contributed by atoms with Crippen LogP contribution in [0.3, 0.4) is 0 Å². The van der Waals surface area contributed by atoms with Crippen LogP contribution in [0.2, 0.25) is 0 Å². The number of pyridine rings is 1. The highest BCUT2D eigenvalue weighted by molar-refractivity contribution is 7.99. The van der Waals surface area contributed by atoms with Gasteiger partial charge in [0.2, 0.25) is 5.91 Å². The monoisotopic (exact) mass is 382 g/mol. The van der Waals surface area contributed by atoms with Gasteiger partial charge in [-0.1, -0.05) is 11.8 Å². The Hall–Kier alpha value is -3.00. The summed E-state index contributed by atoms with van der Waals surface area (Å²) in [6.07, 6.45) is 1.58. The highest BCUT2D eigenvalue weighted by Crippen LogP contribution is 2.28. The molecule has 3 heterocycles. The molecule has 0 unspecified atom stereocenters. The summed E-state index contributed by atoms with van der Waals surface area (Å²) >= 11 is 1.34. The first-order valence-corrected chi connectivity index (χ1v) is 9.38. The van der Waals surface area contributed by atoms with E-state index in [0.717, 1.165) is 33.6 Å². The molecule has 0 aliphatic rings. The van der Waals surface area contributed by atoms with Crippen LogP contribution in [0.1, 0.15) is 11.3 Å². The summed E-state index contributed by atoms with van der Waals surface area (Å²) in [5, 5.41) is 13.1. The average Bonchev–Trinajstić information content (AvgIpc) is 3.34. The number of nitrogens with one attached hydrogen (secondary N) is 1. The predicted octanol–water partition coefficient (Wildman–Crippen LogP) is 3.20. The number of hydrogen-bond acceptors (Lipinski definition) is 6. The van der Waals surface area contributed by atoms with Crippen LogP contribution in [0.5, 0.6) is 5.75 Å². The molecule has 0 radical (unpaired) electrons. The largest absolute Gasteiger partial charge is 0.497 e. The Morgan fingerprint density at radius 2 is 2.19 bits per heavy atom. The van der Waals surface area contributed by atoms with Gasteiger partial charge in [0.05, 0.1) is 31.2 Å². The SMILES string of the molecule is COc1ccc2c(C)cc3nnc(SCC(=O)NCc4ccco4)n3c2c1. The van der Waals surface area contributed by atoms with Gasteiger partial charge in [0.15, 0.2) is 10.8 Å². The summed E-state index contributed by atoms with van der Waals surface area (Å²) in [4.78, 5) is 12.1. The van der Waals surface area contributed by atoms with Gasteiger partial charge in [0.1, 0.15) is 11.5 Å². The summed E-state index contributed by atoms with van der Waals surface area (Å²) in [7, 11) is 1.64. The Morgan fingerprint density at radius 1 is 1.30 bits per heavy atom. The molecule has 0 saturated carbocycles. The molecular weight excluding hydrogens is 364 g/mol. The van der Waals surface area contributed by atoms with E-state index in [0.29, 0.717) is 11.7 Å². The lowest BCUT2D eigenvalue weighted by molar-refractivity contribution is -0.118. The molecule has 138 valence electrons. The van der Waals surface area contributed by atoms with Gasteiger partial charge in [-0.3, -0.25) is 9.20 Å². The smallest absolute Gasteiger partial charge is 0.230 e. The van der Waals surface area contributed by atoms with Crippen LogP contribution < -0.4 is 10.1 Å². The Kier molecular flexibility index (Phi) is 4.72. The van der Waals surface area contributed by atoms with Gasteiger partial charge in [0.25, 0.3) is 0 Å². The Balaban J connectivity index is 1.58. The Bertz CT molecular complexity index is 1110. The second-order valence-electron chi connectivity index (χ2n) is 6.03. The zero-order chi connectivity index (χ0) is 18.8. The van der Waals surface area contributed by atoms with Crippen LogP contribution >= 0.6 is 11.8 Å². The molecule has 27 heavy (non-hydrogen) atoms. The molecule has 4 aromatic rings. The lowest BCUT2D eigenvalue weighted by Gasteiger charge is -2.09. The number of carbonyl (C=O) groups is 1. The number of rotatable bonds is 6. The molecule has 1 aromatic carbocycles. The lowest BCUT2D eigenvalue weighted by atomic mass is 10.1. The van der Waals surface area contributed by atoms with Gasteiger partial charge in [0, 0.05) is 11.5 Å². The molecule has 3 aromatic heterocycles. The number of ether oxygens (including phenoxy) is 1. The van der Waals surface area contributed by atoms with Gasteiger partial charge in [-0.05, 0) is 42.8 Å². The number of fused-ring (bicyclic) bond motifs is 3. The number of aryl methyl sites for hydroxylation is 1. The first-order valence-electron chi connectivity index (χ1n) is 8.40. The normalized spacial score (nSPS) is 11.2. The molecule has 0 spiro atoms. The molecule has 1 amide bonds. The van der Waals surface area contributed by atoms with Gasteiger partial charge in [-0.15, -0.1) is 10.2 Å². The van der Waals surface area contributed by atoms with E-state index in [1.54, 1.807) is 19.4 Å². The van der Waals surface area contributed by atoms with Crippen LogP contribution in [0.15, 0.2) is 52.2 Å². The summed E-state index contributed by atoms with van der Waals surface area (Å²) in [5.41, 5.74) is 2.81. The Morgan fingerprint density at radius 3 is 2.96 bits per heavy atom. The molecule has 0 aliphatic heterocycles. The molecular formula is C19H18N4O3S. The molecule has 0 atom stereocenters. The fourth-order valence-electron chi connectivity index (χ4n) is 2.90. The number of methoxy groups -OCH3 is 1. The van der Waals surface area contributed by atoms with Gasteiger partial charge >= 0.3 is 0 Å². The Labute approximate surface area is 159 Å². The molecule has 0 fully saturated rings. The van der Waals surface area contributed by atoms with Gasteiger partial charge in [-0.2, -0.15) is 0 Å². The number of carbonyl (C=O) groups excluding carboxylic acids is 1. The van der Waals surface area contributed by atoms with Crippen molar-refractivity contribution < 1.29 is 13.9 Å². The third-order valence-corrected chi connectivity index (χ3v) is 5.18. The van der Waals surface area contributed by atoms with Crippen LogP contribution in [-0.2, 0) is 11.3 Å². The molecule has 1 N–H and O–H groups in total. The van der Waals surface area contributed by atoms with E-state index in [4.69, 9.17) is 9.15 Å². The maximum absolute atomic E-state index is 12.1. The molecule has 8 heteroatoms. The molecule has 4 rings (SSSR count). The molecule has 0 aliphatic carbocycles. The summed E-state index contributed by atoms with van der Waals surface area (Å²) in [6.45, 7) is 2.41. The standard InChI is InChI=1S/C19H18N4O3S/c1-12-8-17-21-22-19(23(17)16-9-13(25-2)5-6-15(12)16)27-11-18(24)20-10-14-4-3-7-26-14/h3-9H,10-11H2,1-2H3,(H,20,24). The van der Waals surface area contributed by atoms with E-state index >= 15 is 0 Å². The number of furan rings is 1. The van der Waals surface area contributed by atoms with Crippen molar-refractivity contribution in [1.82, 2.24) is 19.9 Å². The second kappa shape index (κ2) is 7.32. The van der Waals surface area contributed by atoms with Crippen LogP contribution in [-0.4, -0.2) is 33.4 Å². The van der Waals surface area contributed by atoms with E-state index < -0.39 is 0 Å². The minimum atomic E-state index is -0.0952. The van der Waals surface area contributed by atoms with Crippen LogP contribution in [0, 0.1) is 6.92 Å². The number of benzene rings is 1. The minimum Gasteiger partial charge on any atom is -0.497 e. The van der Waals surface area contributed by atoms with Crippen molar-refractivity contribution in [1.29, 1.82) is 0 Å². The van der Waals surface area contributed by atoms with E-state index in [2.05, 4.69) is 15.5 Å². The van der Waals surface area contributed by atoms with E-state index in [-0.39, 0.29) is 11.7 Å². The van der Waals surface area contributed by atoms with Crippen LogP contribution in [0.4, 0.5) is 0 Å². The van der Waals surface area contributed by atoms with Gasteiger partial charge in [-0.25, -0.2) is 0 Å². The van der Waals surface area contributed by atoms with Crippen molar-refractivity contribution in [3.63, 3.8) is 0 Å². The molecule has 0 saturated heterocycles. The third-order valence-electron chi connectivity index (χ3n) is 4.25. The van der Waals surface area contributed by atoms with Gasteiger partial charge < -0.3 is 14.5 Å². The van der Waals surface area contributed by atoms with Crippen molar-refractivity contribution in [2.75, 3.05) is 12.9 Å².